The molecule has 218 valence electrons. The van der Waals surface area contributed by atoms with Crippen LogP contribution >= 0.6 is 0 Å². The SMILES string of the molecule is CC(C)(O)[C@H](F)CNC(=O)c1cnc(-c2ccc3cc(C#N)cnn23)cc1N[C@H]1C[C@H](CNC(=O)OCC(F)F)C1. The summed E-state index contributed by atoms with van der Waals surface area (Å²) in [6.45, 7) is 1.49. The second-order valence-corrected chi connectivity index (χ2v) is 10.4. The fourth-order valence-corrected chi connectivity index (χ4v) is 4.33. The van der Waals surface area contributed by atoms with E-state index in [0.29, 0.717) is 41.0 Å². The van der Waals surface area contributed by atoms with Crippen molar-refractivity contribution in [2.75, 3.05) is 25.0 Å². The van der Waals surface area contributed by atoms with Gasteiger partial charge < -0.3 is 25.8 Å². The predicted octanol–water partition coefficient (Wildman–Crippen LogP) is 3.29. The second-order valence-electron chi connectivity index (χ2n) is 10.4. The number of rotatable bonds is 11. The molecule has 4 N–H and O–H groups in total. The van der Waals surface area contributed by atoms with Crippen molar-refractivity contribution < 1.29 is 32.6 Å². The van der Waals surface area contributed by atoms with Gasteiger partial charge in [0.2, 0.25) is 0 Å². The number of alkyl carbamates (subject to hydrolysis) is 1. The molecule has 11 nitrogen and oxygen atoms in total. The molecular formula is C27H30F3N7O4. The lowest BCUT2D eigenvalue weighted by atomic mass is 9.80. The first kappa shape index (κ1) is 29.6. The Balaban J connectivity index is 1.49. The van der Waals surface area contributed by atoms with Crippen molar-refractivity contribution in [3.8, 4) is 17.5 Å². The van der Waals surface area contributed by atoms with Crippen molar-refractivity contribution in [3.05, 3.63) is 47.8 Å². The molecule has 1 saturated carbocycles. The molecule has 3 aromatic heterocycles. The second kappa shape index (κ2) is 12.4. The van der Waals surface area contributed by atoms with Crippen molar-refractivity contribution >= 4 is 23.2 Å². The van der Waals surface area contributed by atoms with Gasteiger partial charge in [-0.1, -0.05) is 0 Å². The number of amides is 2. The van der Waals surface area contributed by atoms with E-state index in [1.54, 1.807) is 28.8 Å². The highest BCUT2D eigenvalue weighted by Gasteiger charge is 2.31. The highest BCUT2D eigenvalue weighted by molar-refractivity contribution is 6.00. The zero-order chi connectivity index (χ0) is 29.7. The Morgan fingerprint density at radius 2 is 1.98 bits per heavy atom. The Kier molecular flexibility index (Phi) is 8.97. The number of aliphatic hydroxyl groups is 1. The lowest BCUT2D eigenvalue weighted by Crippen LogP contribution is -2.43. The lowest BCUT2D eigenvalue weighted by Gasteiger charge is -2.37. The van der Waals surface area contributed by atoms with E-state index < -0.39 is 43.4 Å². The third kappa shape index (κ3) is 7.43. The molecule has 3 heterocycles. The minimum atomic E-state index is -2.74. The first-order valence-electron chi connectivity index (χ1n) is 12.9. The summed E-state index contributed by atoms with van der Waals surface area (Å²) in [5, 5.41) is 31.6. The highest BCUT2D eigenvalue weighted by atomic mass is 19.3. The summed E-state index contributed by atoms with van der Waals surface area (Å²) in [6, 6.07) is 8.88. The summed E-state index contributed by atoms with van der Waals surface area (Å²) in [5.41, 5.74) is 1.14. The summed E-state index contributed by atoms with van der Waals surface area (Å²) in [6.07, 6.45) is -1.32. The van der Waals surface area contributed by atoms with Crippen LogP contribution in [0, 0.1) is 17.2 Å². The van der Waals surface area contributed by atoms with E-state index in [9.17, 15) is 27.9 Å². The van der Waals surface area contributed by atoms with Crippen molar-refractivity contribution in [1.82, 2.24) is 25.2 Å². The van der Waals surface area contributed by atoms with Crippen LogP contribution in [0.2, 0.25) is 0 Å². The molecule has 14 heteroatoms. The third-order valence-corrected chi connectivity index (χ3v) is 6.72. The van der Waals surface area contributed by atoms with Gasteiger partial charge in [-0.2, -0.15) is 10.4 Å². The van der Waals surface area contributed by atoms with Gasteiger partial charge in [0.15, 0.2) is 6.61 Å². The molecule has 0 radical (unpaired) electrons. The fourth-order valence-electron chi connectivity index (χ4n) is 4.33. The van der Waals surface area contributed by atoms with Gasteiger partial charge in [-0.05, 0) is 56.9 Å². The number of carbonyl (C=O) groups is 2. The van der Waals surface area contributed by atoms with E-state index in [0.717, 1.165) is 0 Å². The van der Waals surface area contributed by atoms with Gasteiger partial charge in [0.1, 0.15) is 12.2 Å². The summed E-state index contributed by atoms with van der Waals surface area (Å²) >= 11 is 0. The standard InChI is InChI=1S/C27H30F3N7O4/c1-27(2,40)23(28)13-33-25(38)19-12-32-21(22-4-3-18-7-16(9-31)11-35-37(18)22)8-20(19)36-17-5-15(6-17)10-34-26(39)41-14-24(29)30/h3-4,7-8,11-12,15,17,23-24,40H,5-6,10,13-14H2,1-2H3,(H,32,36)(H,33,38)(H,34,39)/t15-,17-,23-/m1/s1. The van der Waals surface area contributed by atoms with Gasteiger partial charge in [0.05, 0.1) is 52.1 Å². The number of hydrogen-bond acceptors (Lipinski definition) is 8. The van der Waals surface area contributed by atoms with E-state index in [1.165, 1.54) is 26.2 Å². The molecule has 0 unspecified atom stereocenters. The molecule has 4 rings (SSSR count). The quantitative estimate of drug-likeness (QED) is 0.273. The van der Waals surface area contributed by atoms with Gasteiger partial charge in [0.25, 0.3) is 12.3 Å². The number of nitrogens with zero attached hydrogens (tertiary/aromatic N) is 4. The number of anilines is 1. The number of pyridine rings is 1. The van der Waals surface area contributed by atoms with E-state index >= 15 is 0 Å². The maximum absolute atomic E-state index is 14.3. The third-order valence-electron chi connectivity index (χ3n) is 6.72. The van der Waals surface area contributed by atoms with Crippen LogP contribution in [-0.2, 0) is 4.74 Å². The number of aromatic nitrogens is 3. The molecule has 1 aliphatic rings. The lowest BCUT2D eigenvalue weighted by molar-refractivity contribution is -0.00178. The van der Waals surface area contributed by atoms with Crippen molar-refractivity contribution in [3.63, 3.8) is 0 Å². The average Bonchev–Trinajstić information content (AvgIpc) is 3.34. The van der Waals surface area contributed by atoms with E-state index in [2.05, 4.69) is 30.8 Å². The van der Waals surface area contributed by atoms with Crippen LogP contribution in [0.15, 0.2) is 36.7 Å². The molecule has 1 fully saturated rings. The van der Waals surface area contributed by atoms with Gasteiger partial charge in [-0.25, -0.2) is 22.5 Å². The number of carbonyl (C=O) groups excluding carboxylic acids is 2. The zero-order valence-corrected chi connectivity index (χ0v) is 22.4. The van der Waals surface area contributed by atoms with Crippen LogP contribution in [0.1, 0.15) is 42.6 Å². The fraction of sp³-hybridized carbons (Fsp3) is 0.444. The van der Waals surface area contributed by atoms with Gasteiger partial charge in [-0.15, -0.1) is 0 Å². The summed E-state index contributed by atoms with van der Waals surface area (Å²) in [7, 11) is 0. The molecule has 1 aliphatic carbocycles. The van der Waals surface area contributed by atoms with Crippen molar-refractivity contribution in [2.45, 2.75) is 50.9 Å². The van der Waals surface area contributed by atoms with E-state index in [1.807, 2.05) is 6.07 Å². The molecule has 0 spiro atoms. The summed E-state index contributed by atoms with van der Waals surface area (Å²) in [5.74, 6) is -0.521. The Morgan fingerprint density at radius 1 is 1.22 bits per heavy atom. The molecule has 1 atom stereocenters. The molecule has 3 aromatic rings. The minimum Gasteiger partial charge on any atom is -0.443 e. The van der Waals surface area contributed by atoms with Gasteiger partial charge >= 0.3 is 6.09 Å². The van der Waals surface area contributed by atoms with Crippen molar-refractivity contribution in [1.29, 1.82) is 5.26 Å². The number of hydrogen-bond donors (Lipinski definition) is 4. The van der Waals surface area contributed by atoms with Crippen LogP contribution in [0.5, 0.6) is 0 Å². The number of alkyl halides is 3. The number of nitriles is 1. The smallest absolute Gasteiger partial charge is 0.407 e. The Bertz CT molecular complexity index is 1440. The molecular weight excluding hydrogens is 543 g/mol. The maximum atomic E-state index is 14.3. The van der Waals surface area contributed by atoms with Crippen LogP contribution in [0.4, 0.5) is 23.7 Å². The Hall–Kier alpha value is -4.38. The number of nitrogens with one attached hydrogen (secondary N) is 3. The minimum absolute atomic E-state index is 0.0670. The number of fused-ring (bicyclic) bond motifs is 1. The molecule has 0 bridgehead atoms. The summed E-state index contributed by atoms with van der Waals surface area (Å²) < 4.78 is 44.7. The van der Waals surface area contributed by atoms with Gasteiger partial charge in [0, 0.05) is 18.8 Å². The predicted molar refractivity (Wildman–Crippen MR) is 142 cm³/mol. The largest absolute Gasteiger partial charge is 0.443 e. The van der Waals surface area contributed by atoms with Gasteiger partial charge in [-0.3, -0.25) is 9.78 Å². The zero-order valence-electron chi connectivity index (χ0n) is 22.4. The molecule has 0 aliphatic heterocycles. The van der Waals surface area contributed by atoms with Crippen LogP contribution < -0.4 is 16.0 Å². The van der Waals surface area contributed by atoms with Crippen molar-refractivity contribution in [2.24, 2.45) is 5.92 Å². The number of ether oxygens (including phenoxy) is 1. The molecule has 41 heavy (non-hydrogen) atoms. The Labute approximate surface area is 233 Å². The highest BCUT2D eigenvalue weighted by Crippen LogP contribution is 2.32. The van der Waals surface area contributed by atoms with Crippen LogP contribution in [-0.4, -0.2) is 75.6 Å². The molecule has 0 aromatic carbocycles. The topological polar surface area (TPSA) is 154 Å². The molecule has 2 amide bonds. The molecule has 0 saturated heterocycles. The monoisotopic (exact) mass is 573 g/mol. The first-order valence-corrected chi connectivity index (χ1v) is 12.9. The average molecular weight is 574 g/mol. The summed E-state index contributed by atoms with van der Waals surface area (Å²) in [4.78, 5) is 29.0. The van der Waals surface area contributed by atoms with E-state index in [4.69, 9.17) is 5.26 Å². The first-order chi connectivity index (χ1) is 19.4. The van der Waals surface area contributed by atoms with E-state index in [-0.39, 0.29) is 24.1 Å². The van der Waals surface area contributed by atoms with Crippen LogP contribution in [0.25, 0.3) is 16.9 Å². The maximum Gasteiger partial charge on any atom is 0.407 e. The normalized spacial score (nSPS) is 17.4. The number of halogens is 3. The van der Waals surface area contributed by atoms with Crippen LogP contribution in [0.3, 0.4) is 0 Å². The Morgan fingerprint density at radius 3 is 2.66 bits per heavy atom.